The minimum absolute atomic E-state index is 0.0718. The van der Waals surface area contributed by atoms with Crippen LogP contribution in [0.15, 0.2) is 71.8 Å². The third-order valence-electron chi connectivity index (χ3n) is 5.31. The van der Waals surface area contributed by atoms with Gasteiger partial charge in [0.05, 0.1) is 12.1 Å². The van der Waals surface area contributed by atoms with Crippen molar-refractivity contribution < 1.29 is 18.7 Å². The highest BCUT2D eigenvalue weighted by molar-refractivity contribution is 6.35. The van der Waals surface area contributed by atoms with Crippen LogP contribution in [0.25, 0.3) is 0 Å². The average molecular weight is 500 g/mol. The van der Waals surface area contributed by atoms with E-state index in [1.54, 1.807) is 36.4 Å². The first kappa shape index (κ1) is 23.7. The van der Waals surface area contributed by atoms with Crippen molar-refractivity contribution in [2.45, 2.75) is 13.0 Å². The van der Waals surface area contributed by atoms with E-state index in [9.17, 15) is 14.0 Å². The summed E-state index contributed by atoms with van der Waals surface area (Å²) in [5.74, 6) is -0.812. The number of halogens is 3. The van der Waals surface area contributed by atoms with Gasteiger partial charge in [0.25, 0.3) is 0 Å². The van der Waals surface area contributed by atoms with E-state index < -0.39 is 5.92 Å². The van der Waals surface area contributed by atoms with Crippen LogP contribution in [0.5, 0.6) is 5.75 Å². The highest BCUT2D eigenvalue weighted by Crippen LogP contribution is 2.25. The topological polar surface area (TPSA) is 71.0 Å². The van der Waals surface area contributed by atoms with Crippen LogP contribution in [0.3, 0.4) is 0 Å². The number of rotatable bonds is 7. The minimum atomic E-state index is -0.537. The van der Waals surface area contributed by atoms with E-state index in [-0.39, 0.29) is 30.6 Å². The van der Waals surface area contributed by atoms with Crippen molar-refractivity contribution in [1.29, 1.82) is 0 Å². The molecule has 3 aromatic rings. The van der Waals surface area contributed by atoms with E-state index in [2.05, 4.69) is 10.5 Å². The summed E-state index contributed by atoms with van der Waals surface area (Å²) in [5.41, 5.74) is 4.62. The normalized spacial score (nSPS) is 15.7. The minimum Gasteiger partial charge on any atom is -0.489 e. The van der Waals surface area contributed by atoms with Crippen molar-refractivity contribution in [3.05, 3.63) is 93.7 Å². The molecule has 1 heterocycles. The van der Waals surface area contributed by atoms with Crippen molar-refractivity contribution in [2.24, 2.45) is 11.0 Å². The van der Waals surface area contributed by atoms with Gasteiger partial charge in [-0.3, -0.25) is 9.59 Å². The summed E-state index contributed by atoms with van der Waals surface area (Å²) in [6, 6.07) is 18.0. The van der Waals surface area contributed by atoms with Crippen molar-refractivity contribution in [3.8, 4) is 5.75 Å². The van der Waals surface area contributed by atoms with E-state index in [1.807, 2.05) is 6.07 Å². The second-order valence-corrected chi connectivity index (χ2v) is 8.55. The molecule has 0 radical (unpaired) electrons. The Bertz CT molecular complexity index is 1220. The predicted octanol–water partition coefficient (Wildman–Crippen LogP) is 5.21. The Morgan fingerprint density at radius 2 is 1.85 bits per heavy atom. The number of benzene rings is 3. The third-order valence-corrected chi connectivity index (χ3v) is 5.90. The molecule has 3 aromatic carbocycles. The molecule has 0 aliphatic carbocycles. The van der Waals surface area contributed by atoms with Gasteiger partial charge < -0.3 is 9.64 Å². The molecule has 0 saturated carbocycles. The molecular weight excluding hydrogens is 480 g/mol. The number of hydrazone groups is 1. The molecule has 6 nitrogen and oxygen atoms in total. The number of hydrogen-bond donors (Lipinski definition) is 1. The monoisotopic (exact) mass is 499 g/mol. The summed E-state index contributed by atoms with van der Waals surface area (Å²) >= 11 is 12.1. The number of anilines is 1. The maximum atomic E-state index is 13.1. The van der Waals surface area contributed by atoms with E-state index in [1.165, 1.54) is 35.4 Å². The van der Waals surface area contributed by atoms with Gasteiger partial charge in [0.2, 0.25) is 11.8 Å². The predicted molar refractivity (Wildman–Crippen MR) is 130 cm³/mol. The maximum Gasteiger partial charge on any atom is 0.245 e. The van der Waals surface area contributed by atoms with Gasteiger partial charge >= 0.3 is 0 Å². The smallest absolute Gasteiger partial charge is 0.245 e. The molecule has 0 spiro atoms. The third kappa shape index (κ3) is 5.92. The molecule has 0 aromatic heterocycles. The maximum absolute atomic E-state index is 13.1. The van der Waals surface area contributed by atoms with Crippen LogP contribution < -0.4 is 15.1 Å². The summed E-state index contributed by atoms with van der Waals surface area (Å²) in [4.78, 5) is 26.2. The Labute approximate surface area is 205 Å². The molecule has 1 aliphatic rings. The van der Waals surface area contributed by atoms with E-state index >= 15 is 0 Å². The summed E-state index contributed by atoms with van der Waals surface area (Å²) < 4.78 is 18.9. The molecule has 0 bridgehead atoms. The second-order valence-electron chi connectivity index (χ2n) is 7.71. The van der Waals surface area contributed by atoms with Crippen LogP contribution in [0.2, 0.25) is 10.0 Å². The van der Waals surface area contributed by atoms with Crippen LogP contribution in [-0.4, -0.2) is 24.6 Å². The molecule has 1 fully saturated rings. The van der Waals surface area contributed by atoms with Crippen molar-refractivity contribution >= 4 is 46.9 Å². The van der Waals surface area contributed by atoms with Gasteiger partial charge in [-0.2, -0.15) is 5.10 Å². The van der Waals surface area contributed by atoms with Crippen LogP contribution in [0, 0.1) is 11.7 Å². The summed E-state index contributed by atoms with van der Waals surface area (Å²) in [5, 5.41) is 5.09. The van der Waals surface area contributed by atoms with Gasteiger partial charge in [0, 0.05) is 34.3 Å². The lowest BCUT2D eigenvalue weighted by Crippen LogP contribution is -2.30. The second kappa shape index (κ2) is 10.7. The van der Waals surface area contributed by atoms with Gasteiger partial charge in [-0.1, -0.05) is 29.3 Å². The molecule has 1 aliphatic heterocycles. The van der Waals surface area contributed by atoms with Gasteiger partial charge in [0.1, 0.15) is 18.2 Å². The zero-order valence-corrected chi connectivity index (χ0v) is 19.4. The summed E-state index contributed by atoms with van der Waals surface area (Å²) in [6.07, 6.45) is 1.58. The highest BCUT2D eigenvalue weighted by atomic mass is 35.5. The van der Waals surface area contributed by atoms with Crippen LogP contribution >= 0.6 is 23.2 Å². The standard InChI is InChI=1S/C25H20Cl2FN3O3/c26-19-4-3-17(23(27)12-19)15-34-22-9-1-16(2-10-22)13-29-30-25(33)18-11-24(32)31(14-18)21-7-5-20(28)6-8-21/h1-10,12-13,18H,11,14-15H2,(H,30,33)/b29-13-/t18-/m1/s1. The van der Waals surface area contributed by atoms with Gasteiger partial charge in [-0.15, -0.1) is 0 Å². The summed E-state index contributed by atoms with van der Waals surface area (Å²) in [6.45, 7) is 0.518. The SMILES string of the molecule is O=C(N/N=C\c1ccc(OCc2ccc(Cl)cc2Cl)cc1)[C@@H]1CC(=O)N(c2ccc(F)cc2)C1. The van der Waals surface area contributed by atoms with Gasteiger partial charge in [-0.25, -0.2) is 9.82 Å². The number of carbonyl (C=O) groups excluding carboxylic acids is 2. The Morgan fingerprint density at radius 1 is 1.12 bits per heavy atom. The molecule has 4 rings (SSSR count). The first-order chi connectivity index (χ1) is 16.4. The Morgan fingerprint density at radius 3 is 2.56 bits per heavy atom. The van der Waals surface area contributed by atoms with Crippen LogP contribution in [-0.2, 0) is 16.2 Å². The number of carbonyl (C=O) groups is 2. The molecule has 9 heteroatoms. The van der Waals surface area contributed by atoms with Crippen molar-refractivity contribution in [3.63, 3.8) is 0 Å². The summed E-state index contributed by atoms with van der Waals surface area (Å²) in [7, 11) is 0. The fourth-order valence-corrected chi connectivity index (χ4v) is 3.93. The molecular formula is C25H20Cl2FN3O3. The number of hydrogen-bond acceptors (Lipinski definition) is 4. The Balaban J connectivity index is 1.27. The molecule has 0 unspecified atom stereocenters. The number of nitrogens with zero attached hydrogens (tertiary/aromatic N) is 2. The highest BCUT2D eigenvalue weighted by Gasteiger charge is 2.35. The van der Waals surface area contributed by atoms with Gasteiger partial charge in [-0.05, 0) is 66.2 Å². The zero-order chi connectivity index (χ0) is 24.1. The first-order valence-corrected chi connectivity index (χ1v) is 11.2. The van der Waals surface area contributed by atoms with E-state index in [4.69, 9.17) is 27.9 Å². The molecule has 2 amide bonds. The largest absolute Gasteiger partial charge is 0.489 e. The fourth-order valence-electron chi connectivity index (χ4n) is 3.47. The average Bonchev–Trinajstić information content (AvgIpc) is 3.21. The first-order valence-electron chi connectivity index (χ1n) is 10.4. The van der Waals surface area contributed by atoms with Crippen LogP contribution in [0.1, 0.15) is 17.5 Å². The quantitative estimate of drug-likeness (QED) is 0.358. The van der Waals surface area contributed by atoms with E-state index in [0.717, 1.165) is 11.1 Å². The number of ether oxygens (including phenoxy) is 1. The number of nitrogens with one attached hydrogen (secondary N) is 1. The number of amides is 2. The lowest BCUT2D eigenvalue weighted by molar-refractivity contribution is -0.126. The lowest BCUT2D eigenvalue weighted by atomic mass is 10.1. The van der Waals surface area contributed by atoms with Gasteiger partial charge in [0.15, 0.2) is 0 Å². The zero-order valence-electron chi connectivity index (χ0n) is 17.9. The Kier molecular flexibility index (Phi) is 7.45. The van der Waals surface area contributed by atoms with Crippen molar-refractivity contribution in [1.82, 2.24) is 5.43 Å². The molecule has 34 heavy (non-hydrogen) atoms. The Hall–Kier alpha value is -3.42. The fraction of sp³-hybridized carbons (Fsp3) is 0.160. The van der Waals surface area contributed by atoms with E-state index in [0.29, 0.717) is 28.1 Å². The molecule has 1 saturated heterocycles. The molecule has 1 N–H and O–H groups in total. The molecule has 1 atom stereocenters. The molecule has 174 valence electrons. The van der Waals surface area contributed by atoms with Crippen molar-refractivity contribution in [2.75, 3.05) is 11.4 Å². The van der Waals surface area contributed by atoms with Crippen LogP contribution in [0.4, 0.5) is 10.1 Å². The lowest BCUT2D eigenvalue weighted by Gasteiger charge is -2.16.